The molecule has 234 valence electrons. The normalized spacial score (nSPS) is 15.0. The van der Waals surface area contributed by atoms with Crippen LogP contribution in [0, 0.1) is 0 Å². The van der Waals surface area contributed by atoms with Gasteiger partial charge in [0.05, 0.1) is 60.9 Å². The number of unbranched alkanes of at least 4 members (excludes halogenated alkanes) is 2. The van der Waals surface area contributed by atoms with E-state index in [1.807, 2.05) is 51.3 Å². The van der Waals surface area contributed by atoms with Crippen LogP contribution in [-0.4, -0.2) is 55.6 Å². The number of fused-ring (bicyclic) bond motifs is 2. The number of nitrogens with zero attached hydrogens (tertiary/aromatic N) is 4. The molecule has 0 saturated heterocycles. The highest BCUT2D eigenvalue weighted by molar-refractivity contribution is 7.85. The van der Waals surface area contributed by atoms with Crippen LogP contribution in [0.2, 0.25) is 20.1 Å². The van der Waals surface area contributed by atoms with Crippen molar-refractivity contribution < 1.29 is 30.5 Å². The molecule has 0 bridgehead atoms. The van der Waals surface area contributed by atoms with Gasteiger partial charge in [0.2, 0.25) is 0 Å². The first kappa shape index (κ1) is 33.9. The van der Waals surface area contributed by atoms with Crippen LogP contribution in [0.3, 0.4) is 0 Å². The third kappa shape index (κ3) is 8.17. The van der Waals surface area contributed by atoms with Crippen molar-refractivity contribution in [3.8, 4) is 0 Å². The van der Waals surface area contributed by atoms with Gasteiger partial charge in [0.1, 0.15) is 5.82 Å². The Kier molecular flexibility index (Phi) is 10.7. The molecule has 1 aliphatic heterocycles. The number of hydrogen-bond acceptors (Lipinski definition) is 7. The molecule has 0 saturated carbocycles. The lowest BCUT2D eigenvalue weighted by Crippen LogP contribution is -2.31. The fourth-order valence-corrected chi connectivity index (χ4v) is 6.83. The summed E-state index contributed by atoms with van der Waals surface area (Å²) in [6.45, 7) is 0.890. The molecule has 2 heterocycles. The Morgan fingerprint density at radius 2 is 1.44 bits per heavy atom. The van der Waals surface area contributed by atoms with Gasteiger partial charge in [0.25, 0.3) is 15.9 Å². The molecular weight excluding hydrogens is 682 g/mol. The molecule has 43 heavy (non-hydrogen) atoms. The lowest BCUT2D eigenvalue weighted by Gasteiger charge is -2.23. The minimum atomic E-state index is -4.31. The Labute approximate surface area is 271 Å². The number of aryl methyl sites for hydroxylation is 2. The fraction of sp³-hybridized carbons (Fsp3) is 0.370. The predicted molar refractivity (Wildman–Crippen MR) is 172 cm³/mol. The second-order valence-electron chi connectivity index (χ2n) is 10.1. The van der Waals surface area contributed by atoms with Crippen LogP contribution in [-0.2, 0) is 33.8 Å². The molecule has 1 aliphatic rings. The zero-order valence-electron chi connectivity index (χ0n) is 23.3. The average molecular weight is 713 g/mol. The Balaban J connectivity index is 1.69. The maximum absolute atomic E-state index is 11.2. The second-order valence-corrected chi connectivity index (χ2v) is 14.9. The molecule has 4 rings (SSSR count). The summed E-state index contributed by atoms with van der Waals surface area (Å²) >= 11 is 25.3. The molecule has 10 nitrogen and oxygen atoms in total. The van der Waals surface area contributed by atoms with Crippen LogP contribution < -0.4 is 14.4 Å². The Morgan fingerprint density at radius 3 is 2.09 bits per heavy atom. The maximum atomic E-state index is 11.2. The van der Waals surface area contributed by atoms with Crippen molar-refractivity contribution in [1.82, 2.24) is 4.57 Å². The van der Waals surface area contributed by atoms with Gasteiger partial charge in [-0.05, 0) is 43.9 Å². The molecule has 0 spiro atoms. The smallest absolute Gasteiger partial charge is 0.282 e. The number of halogens is 4. The van der Waals surface area contributed by atoms with E-state index in [0.717, 1.165) is 34.1 Å². The summed E-state index contributed by atoms with van der Waals surface area (Å²) in [7, 11) is -4.61. The number of rotatable bonds is 12. The molecule has 0 amide bonds. The van der Waals surface area contributed by atoms with E-state index in [4.69, 9.17) is 51.0 Å². The number of allylic oxidation sites excluding steroid dienone is 2. The molecule has 0 aliphatic carbocycles. The summed E-state index contributed by atoms with van der Waals surface area (Å²) in [6, 6.07) is 7.04. The fourth-order valence-electron chi connectivity index (χ4n) is 5.07. The van der Waals surface area contributed by atoms with Crippen molar-refractivity contribution in [1.29, 1.82) is 0 Å². The van der Waals surface area contributed by atoms with E-state index in [9.17, 15) is 21.4 Å². The van der Waals surface area contributed by atoms with Crippen LogP contribution in [0.1, 0.15) is 31.5 Å². The molecule has 2 aromatic carbocycles. The first-order valence-corrected chi connectivity index (χ1v) is 17.9. The van der Waals surface area contributed by atoms with Gasteiger partial charge in [-0.25, -0.2) is 17.6 Å². The van der Waals surface area contributed by atoms with Crippen molar-refractivity contribution in [3.63, 3.8) is 0 Å². The SMILES string of the molecule is CN1C(=CC=Cc2n(CCCCS(=O)(=O)O)c3cc(Cl)c(Cl)cc3[n+]2C)N(CCCCS(=O)(=O)[O-])c2cc(Cl)c(Cl)cc21. The summed E-state index contributed by atoms with van der Waals surface area (Å²) in [5.41, 5.74) is 3.24. The second kappa shape index (κ2) is 13.5. The topological polar surface area (TPSA) is 127 Å². The van der Waals surface area contributed by atoms with E-state index in [1.165, 1.54) is 0 Å². The lowest BCUT2D eigenvalue weighted by molar-refractivity contribution is -0.647. The predicted octanol–water partition coefficient (Wildman–Crippen LogP) is 5.88. The standard InChI is InChI=1S/C27H30Cl4N4O6S2/c1-32-22-14-18(28)20(30)16-24(22)34(10-3-5-12-42(36,37)38)26(32)8-7-9-27-33(2)23-15-19(29)21(31)17-25(23)35(27)11-4-6-13-43(39,40)41/h7-9,14-17H,3-6,10-13H2,1-2H3,(H-,36,37,38,39,40,41). The van der Waals surface area contributed by atoms with Crippen LogP contribution in [0.4, 0.5) is 11.4 Å². The Hall–Kier alpha value is -2.03. The third-order valence-electron chi connectivity index (χ3n) is 7.13. The number of anilines is 2. The summed E-state index contributed by atoms with van der Waals surface area (Å²) in [6.07, 6.45) is 7.08. The average Bonchev–Trinajstić information content (AvgIpc) is 3.29. The van der Waals surface area contributed by atoms with E-state index >= 15 is 0 Å². The minimum Gasteiger partial charge on any atom is -0.748 e. The molecule has 1 N–H and O–H groups in total. The molecule has 1 aromatic heterocycles. The van der Waals surface area contributed by atoms with E-state index < -0.39 is 26.0 Å². The van der Waals surface area contributed by atoms with E-state index in [2.05, 4.69) is 0 Å². The zero-order chi connectivity index (χ0) is 31.7. The summed E-state index contributed by atoms with van der Waals surface area (Å²) in [5, 5.41) is 1.55. The highest BCUT2D eigenvalue weighted by atomic mass is 35.5. The van der Waals surface area contributed by atoms with Crippen molar-refractivity contribution in [2.45, 2.75) is 32.2 Å². The molecule has 0 atom stereocenters. The van der Waals surface area contributed by atoms with Crippen molar-refractivity contribution in [2.24, 2.45) is 7.05 Å². The van der Waals surface area contributed by atoms with Crippen molar-refractivity contribution in [2.75, 3.05) is 34.9 Å². The molecular formula is C27H30Cl4N4O6S2. The maximum Gasteiger partial charge on any atom is 0.282 e. The van der Waals surface area contributed by atoms with Crippen molar-refractivity contribution >= 4 is 95.1 Å². The van der Waals surface area contributed by atoms with Gasteiger partial charge in [0.15, 0.2) is 11.0 Å². The van der Waals surface area contributed by atoms with Gasteiger partial charge in [-0.1, -0.05) is 52.5 Å². The summed E-state index contributed by atoms with van der Waals surface area (Å²) < 4.78 is 68.8. The number of hydrogen-bond donors (Lipinski definition) is 1. The van der Waals surface area contributed by atoms with E-state index in [1.54, 1.807) is 24.3 Å². The van der Waals surface area contributed by atoms with Crippen LogP contribution in [0.15, 0.2) is 42.2 Å². The number of imidazole rings is 1. The molecule has 0 radical (unpaired) electrons. The van der Waals surface area contributed by atoms with Gasteiger partial charge < -0.3 is 14.4 Å². The van der Waals surface area contributed by atoms with Gasteiger partial charge in [-0.3, -0.25) is 4.55 Å². The number of benzene rings is 2. The van der Waals surface area contributed by atoms with E-state index in [-0.39, 0.29) is 18.6 Å². The number of aromatic nitrogens is 2. The van der Waals surface area contributed by atoms with Gasteiger partial charge >= 0.3 is 0 Å². The monoisotopic (exact) mass is 710 g/mol. The highest BCUT2D eigenvalue weighted by Gasteiger charge is 2.30. The third-order valence-corrected chi connectivity index (χ3v) is 10.2. The van der Waals surface area contributed by atoms with Crippen LogP contribution in [0.25, 0.3) is 17.1 Å². The first-order valence-electron chi connectivity index (χ1n) is 13.2. The molecule has 0 unspecified atom stereocenters. The lowest BCUT2D eigenvalue weighted by atomic mass is 10.2. The summed E-state index contributed by atoms with van der Waals surface area (Å²) in [4.78, 5) is 3.93. The van der Waals surface area contributed by atoms with Gasteiger partial charge in [-0.15, -0.1) is 0 Å². The van der Waals surface area contributed by atoms with E-state index in [0.29, 0.717) is 46.0 Å². The highest BCUT2D eigenvalue weighted by Crippen LogP contribution is 2.45. The molecule has 0 fully saturated rings. The zero-order valence-corrected chi connectivity index (χ0v) is 28.0. The van der Waals surface area contributed by atoms with Crippen LogP contribution >= 0.6 is 46.4 Å². The quantitative estimate of drug-likeness (QED) is 0.140. The minimum absolute atomic E-state index is 0.213. The Morgan fingerprint density at radius 1 is 0.860 bits per heavy atom. The molecule has 3 aromatic rings. The van der Waals surface area contributed by atoms with Crippen molar-refractivity contribution in [3.05, 3.63) is 68.2 Å². The molecule has 16 heteroatoms. The summed E-state index contributed by atoms with van der Waals surface area (Å²) in [5.74, 6) is 0.788. The largest absolute Gasteiger partial charge is 0.748 e. The first-order chi connectivity index (χ1) is 20.1. The Bertz CT molecular complexity index is 1820. The van der Waals surface area contributed by atoms with Crippen LogP contribution in [0.5, 0.6) is 0 Å². The van der Waals surface area contributed by atoms with Gasteiger partial charge in [-0.2, -0.15) is 8.42 Å². The van der Waals surface area contributed by atoms with Gasteiger partial charge in [0, 0.05) is 37.6 Å².